The average molecular weight is 254 g/mol. The highest BCUT2D eigenvalue weighted by atomic mass is 16.5. The van der Waals surface area contributed by atoms with Crippen molar-refractivity contribution >= 4 is 0 Å². The second-order valence-electron chi connectivity index (χ2n) is 4.85. The molecule has 1 saturated heterocycles. The van der Waals surface area contributed by atoms with E-state index in [1.807, 2.05) is 13.0 Å². The number of hydrogen-bond donors (Lipinski definition) is 1. The quantitative estimate of drug-likeness (QED) is 0.776. The number of likely N-dealkylation sites (tertiary alicyclic amines) is 1. The summed E-state index contributed by atoms with van der Waals surface area (Å²) < 4.78 is 10.8. The van der Waals surface area contributed by atoms with Crippen LogP contribution in [0.2, 0.25) is 0 Å². The van der Waals surface area contributed by atoms with Crippen molar-refractivity contribution in [3.8, 4) is 0 Å². The zero-order chi connectivity index (χ0) is 12.8. The van der Waals surface area contributed by atoms with Crippen LogP contribution in [0.15, 0.2) is 10.6 Å². The summed E-state index contributed by atoms with van der Waals surface area (Å²) in [6.45, 7) is 5.73. The third-order valence-electron chi connectivity index (χ3n) is 3.25. The van der Waals surface area contributed by atoms with Crippen LogP contribution < -0.4 is 0 Å². The minimum absolute atomic E-state index is 0.213. The van der Waals surface area contributed by atoms with Gasteiger partial charge in [0.15, 0.2) is 0 Å². The van der Waals surface area contributed by atoms with Gasteiger partial charge in [-0.3, -0.25) is 4.90 Å². The van der Waals surface area contributed by atoms with Crippen LogP contribution in [0.3, 0.4) is 0 Å². The normalized spacial score (nSPS) is 18.3. The number of hydrogen-bond acceptors (Lipinski definition) is 5. The Morgan fingerprint density at radius 3 is 2.89 bits per heavy atom. The molecular weight excluding hydrogens is 232 g/mol. The zero-order valence-electron chi connectivity index (χ0n) is 11.0. The Balaban J connectivity index is 1.67. The van der Waals surface area contributed by atoms with Crippen molar-refractivity contribution in [3.63, 3.8) is 0 Å². The lowest BCUT2D eigenvalue weighted by Gasteiger charge is -2.31. The lowest BCUT2D eigenvalue weighted by atomic mass is 10.1. The lowest BCUT2D eigenvalue weighted by molar-refractivity contribution is 0.000446. The summed E-state index contributed by atoms with van der Waals surface area (Å²) in [7, 11) is 0. The van der Waals surface area contributed by atoms with E-state index in [2.05, 4.69) is 10.1 Å². The van der Waals surface area contributed by atoms with Crippen molar-refractivity contribution in [2.45, 2.75) is 38.8 Å². The Bertz CT molecular complexity index is 346. The molecule has 0 saturated carbocycles. The lowest BCUT2D eigenvalue weighted by Crippen LogP contribution is -2.36. The summed E-state index contributed by atoms with van der Waals surface area (Å²) in [4.78, 5) is 2.38. The van der Waals surface area contributed by atoms with E-state index in [1.54, 1.807) is 0 Å². The molecule has 0 unspecified atom stereocenters. The van der Waals surface area contributed by atoms with Crippen LogP contribution in [0, 0.1) is 6.92 Å². The van der Waals surface area contributed by atoms with Crippen LogP contribution >= 0.6 is 0 Å². The van der Waals surface area contributed by atoms with Crippen LogP contribution in [0.5, 0.6) is 0 Å². The van der Waals surface area contributed by atoms with E-state index in [0.717, 1.165) is 50.4 Å². The van der Waals surface area contributed by atoms with Crippen LogP contribution in [0.1, 0.15) is 30.7 Å². The molecule has 1 aliphatic heterocycles. The van der Waals surface area contributed by atoms with Crippen LogP contribution in [-0.2, 0) is 11.3 Å². The van der Waals surface area contributed by atoms with Crippen molar-refractivity contribution in [2.75, 3.05) is 26.3 Å². The molecule has 5 heteroatoms. The van der Waals surface area contributed by atoms with E-state index >= 15 is 0 Å². The smallest absolute Gasteiger partial charge is 0.133 e. The van der Waals surface area contributed by atoms with Gasteiger partial charge in [-0.25, -0.2) is 0 Å². The van der Waals surface area contributed by atoms with Crippen LogP contribution in [-0.4, -0.2) is 47.6 Å². The van der Waals surface area contributed by atoms with E-state index in [4.69, 9.17) is 14.4 Å². The molecule has 102 valence electrons. The molecule has 0 spiro atoms. The second-order valence-corrected chi connectivity index (χ2v) is 4.85. The molecule has 18 heavy (non-hydrogen) atoms. The van der Waals surface area contributed by atoms with E-state index in [1.165, 1.54) is 0 Å². The van der Waals surface area contributed by atoms with Gasteiger partial charge in [0, 0.05) is 38.9 Å². The second kappa shape index (κ2) is 6.87. The molecule has 0 atom stereocenters. The molecule has 0 aliphatic carbocycles. The first-order chi connectivity index (χ1) is 8.78. The minimum Gasteiger partial charge on any atom is -0.396 e. The van der Waals surface area contributed by atoms with E-state index in [9.17, 15) is 0 Å². The Morgan fingerprint density at radius 1 is 1.50 bits per heavy atom. The van der Waals surface area contributed by atoms with Crippen LogP contribution in [0.4, 0.5) is 0 Å². The molecule has 0 radical (unpaired) electrons. The predicted octanol–water partition coefficient (Wildman–Crippen LogP) is 1.35. The largest absolute Gasteiger partial charge is 0.396 e. The van der Waals surface area contributed by atoms with Crippen molar-refractivity contribution < 1.29 is 14.4 Å². The number of rotatable bonds is 6. The molecule has 5 nitrogen and oxygen atoms in total. The number of aryl methyl sites for hydroxylation is 1. The molecule has 1 fully saturated rings. The van der Waals surface area contributed by atoms with Gasteiger partial charge in [0.2, 0.25) is 0 Å². The number of aromatic nitrogens is 1. The van der Waals surface area contributed by atoms with Gasteiger partial charge in [-0.05, 0) is 26.2 Å². The highest BCUT2D eigenvalue weighted by Crippen LogP contribution is 2.16. The van der Waals surface area contributed by atoms with E-state index < -0.39 is 0 Å². The molecule has 1 aliphatic rings. The molecule has 0 bridgehead atoms. The first kappa shape index (κ1) is 13.5. The molecule has 0 aromatic carbocycles. The van der Waals surface area contributed by atoms with Gasteiger partial charge in [-0.1, -0.05) is 5.16 Å². The Kier molecular flexibility index (Phi) is 5.16. The fourth-order valence-corrected chi connectivity index (χ4v) is 2.27. The maximum atomic E-state index is 8.70. The monoisotopic (exact) mass is 254 g/mol. The maximum Gasteiger partial charge on any atom is 0.133 e. The number of ether oxygens (including phenoxy) is 1. The molecule has 2 rings (SSSR count). The Labute approximate surface area is 108 Å². The number of aliphatic hydroxyl groups is 1. The summed E-state index contributed by atoms with van der Waals surface area (Å²) in [5.41, 5.74) is 1.01. The highest BCUT2D eigenvalue weighted by molar-refractivity contribution is 5.03. The molecule has 1 N–H and O–H groups in total. The maximum absolute atomic E-state index is 8.70. The topological polar surface area (TPSA) is 58.7 Å². The van der Waals surface area contributed by atoms with Crippen molar-refractivity contribution in [3.05, 3.63) is 17.5 Å². The SMILES string of the molecule is Cc1cc(CN2CCC(OCCCO)CC2)no1. The Morgan fingerprint density at radius 2 is 2.28 bits per heavy atom. The summed E-state index contributed by atoms with van der Waals surface area (Å²) in [5.74, 6) is 0.868. The van der Waals surface area contributed by atoms with Crippen molar-refractivity contribution in [2.24, 2.45) is 0 Å². The van der Waals surface area contributed by atoms with Gasteiger partial charge >= 0.3 is 0 Å². The number of piperidine rings is 1. The predicted molar refractivity (Wildman–Crippen MR) is 67.2 cm³/mol. The molecule has 2 heterocycles. The molecule has 1 aromatic heterocycles. The summed E-state index contributed by atoms with van der Waals surface area (Å²) >= 11 is 0. The average Bonchev–Trinajstić information content (AvgIpc) is 2.77. The van der Waals surface area contributed by atoms with Crippen LogP contribution in [0.25, 0.3) is 0 Å². The van der Waals surface area contributed by atoms with Gasteiger partial charge in [0.05, 0.1) is 11.8 Å². The van der Waals surface area contributed by atoms with E-state index in [0.29, 0.717) is 12.7 Å². The highest BCUT2D eigenvalue weighted by Gasteiger charge is 2.20. The summed E-state index contributed by atoms with van der Waals surface area (Å²) in [5, 5.41) is 12.7. The number of nitrogens with zero attached hydrogens (tertiary/aromatic N) is 2. The Hall–Kier alpha value is -0.910. The van der Waals surface area contributed by atoms with Gasteiger partial charge in [-0.15, -0.1) is 0 Å². The van der Waals surface area contributed by atoms with E-state index in [-0.39, 0.29) is 6.61 Å². The zero-order valence-corrected chi connectivity index (χ0v) is 11.0. The first-order valence-corrected chi connectivity index (χ1v) is 6.65. The minimum atomic E-state index is 0.213. The van der Waals surface area contributed by atoms with Gasteiger partial charge in [0.1, 0.15) is 5.76 Å². The summed E-state index contributed by atoms with van der Waals surface area (Å²) in [6, 6.07) is 1.99. The van der Waals surface area contributed by atoms with Gasteiger partial charge in [-0.2, -0.15) is 0 Å². The van der Waals surface area contributed by atoms with Gasteiger partial charge < -0.3 is 14.4 Å². The third kappa shape index (κ3) is 4.08. The molecule has 0 amide bonds. The third-order valence-corrected chi connectivity index (χ3v) is 3.25. The fraction of sp³-hybridized carbons (Fsp3) is 0.769. The standard InChI is InChI=1S/C13H22N2O3/c1-11-9-12(14-18-11)10-15-5-3-13(4-6-15)17-8-2-7-16/h9,13,16H,2-8,10H2,1H3. The fourth-order valence-electron chi connectivity index (χ4n) is 2.27. The molecular formula is C13H22N2O3. The van der Waals surface area contributed by atoms with Crippen molar-refractivity contribution in [1.29, 1.82) is 0 Å². The molecule has 1 aromatic rings. The van der Waals surface area contributed by atoms with Crippen molar-refractivity contribution in [1.82, 2.24) is 10.1 Å². The first-order valence-electron chi connectivity index (χ1n) is 6.65. The number of aliphatic hydroxyl groups excluding tert-OH is 1. The van der Waals surface area contributed by atoms with Gasteiger partial charge in [0.25, 0.3) is 0 Å². The summed E-state index contributed by atoms with van der Waals surface area (Å²) in [6.07, 6.45) is 3.20.